The van der Waals surface area contributed by atoms with E-state index in [1.807, 2.05) is 54.6 Å². The van der Waals surface area contributed by atoms with E-state index in [2.05, 4.69) is 15.9 Å². The molecule has 0 saturated heterocycles. The van der Waals surface area contributed by atoms with E-state index in [0.717, 1.165) is 31.4 Å². The van der Waals surface area contributed by atoms with E-state index in [1.165, 1.54) is 0 Å². The Morgan fingerprint density at radius 2 is 1.48 bits per heavy atom. The Morgan fingerprint density at radius 1 is 0.810 bits per heavy atom. The second-order valence-electron chi connectivity index (χ2n) is 4.72. The van der Waals surface area contributed by atoms with Crippen LogP contribution in [0.25, 0.3) is 10.8 Å². The number of fused-ring (bicyclic) bond motifs is 1. The Hall–Kier alpha value is -0.730. The van der Waals surface area contributed by atoms with Crippen LogP contribution in [0, 0.1) is 0 Å². The first-order valence-corrected chi connectivity index (χ1v) is 8.32. The van der Waals surface area contributed by atoms with Gasteiger partial charge in [-0.25, -0.2) is 0 Å². The molecule has 0 aliphatic heterocycles. The van der Waals surface area contributed by atoms with Gasteiger partial charge >= 0.3 is 0 Å². The molecule has 0 fully saturated rings. The summed E-state index contributed by atoms with van der Waals surface area (Å²) in [5.41, 5.74) is 2.02. The number of hydrogen-bond acceptors (Lipinski definition) is 0. The van der Waals surface area contributed by atoms with Gasteiger partial charge in [0.15, 0.2) is 0 Å². The van der Waals surface area contributed by atoms with Crippen molar-refractivity contribution in [1.29, 1.82) is 0 Å². The fraction of sp³-hybridized carbons (Fsp3) is 0.0588. The zero-order chi connectivity index (χ0) is 15.0. The molecule has 0 saturated carbocycles. The van der Waals surface area contributed by atoms with E-state index in [0.29, 0.717) is 5.02 Å². The van der Waals surface area contributed by atoms with E-state index in [9.17, 15) is 0 Å². The van der Waals surface area contributed by atoms with Gasteiger partial charge in [-0.15, -0.1) is 11.6 Å². The Morgan fingerprint density at radius 3 is 2.19 bits per heavy atom. The summed E-state index contributed by atoms with van der Waals surface area (Å²) >= 11 is 22.4. The highest BCUT2D eigenvalue weighted by molar-refractivity contribution is 9.10. The lowest BCUT2D eigenvalue weighted by Crippen LogP contribution is -1.95. The van der Waals surface area contributed by atoms with Gasteiger partial charge < -0.3 is 0 Å². The largest absolute Gasteiger partial charge is 0.113 e. The highest BCUT2D eigenvalue weighted by atomic mass is 79.9. The van der Waals surface area contributed by atoms with Crippen molar-refractivity contribution in [2.24, 2.45) is 0 Å². The van der Waals surface area contributed by atoms with E-state index in [1.54, 1.807) is 0 Å². The predicted molar refractivity (Wildman–Crippen MR) is 95.8 cm³/mol. The zero-order valence-electron chi connectivity index (χ0n) is 10.8. The molecule has 0 bridgehead atoms. The van der Waals surface area contributed by atoms with Crippen molar-refractivity contribution < 1.29 is 0 Å². The second-order valence-corrected chi connectivity index (χ2v) is 6.82. The fourth-order valence-electron chi connectivity index (χ4n) is 2.36. The van der Waals surface area contributed by atoms with Gasteiger partial charge in [0.25, 0.3) is 0 Å². The van der Waals surface area contributed by atoms with Crippen LogP contribution in [0.5, 0.6) is 0 Å². The molecule has 1 unspecified atom stereocenters. The van der Waals surface area contributed by atoms with Crippen LogP contribution in [-0.2, 0) is 0 Å². The Kier molecular flexibility index (Phi) is 4.46. The van der Waals surface area contributed by atoms with Crippen molar-refractivity contribution in [3.63, 3.8) is 0 Å². The molecule has 0 heterocycles. The Bertz CT molecular complexity index is 814. The number of rotatable bonds is 2. The lowest BCUT2D eigenvalue weighted by molar-refractivity contribution is 1.16. The van der Waals surface area contributed by atoms with Gasteiger partial charge in [-0.05, 0) is 50.6 Å². The van der Waals surface area contributed by atoms with Gasteiger partial charge in [-0.1, -0.05) is 59.6 Å². The fourth-order valence-corrected chi connectivity index (χ4v) is 3.42. The first-order valence-electron chi connectivity index (χ1n) is 6.34. The first kappa shape index (κ1) is 15.2. The maximum atomic E-state index is 6.68. The van der Waals surface area contributed by atoms with E-state index < -0.39 is 0 Å². The number of halogens is 4. The van der Waals surface area contributed by atoms with Gasteiger partial charge in [0, 0.05) is 14.9 Å². The third kappa shape index (κ3) is 2.93. The van der Waals surface area contributed by atoms with E-state index >= 15 is 0 Å². The van der Waals surface area contributed by atoms with Crippen LogP contribution in [0.2, 0.25) is 10.0 Å². The average molecular weight is 401 g/mol. The highest BCUT2D eigenvalue weighted by Crippen LogP contribution is 2.38. The Labute approximate surface area is 146 Å². The van der Waals surface area contributed by atoms with Crippen LogP contribution in [0.1, 0.15) is 16.5 Å². The summed E-state index contributed by atoms with van der Waals surface area (Å²) in [6.45, 7) is 0. The summed E-state index contributed by atoms with van der Waals surface area (Å²) in [6, 6.07) is 17.6. The molecule has 106 valence electrons. The summed E-state index contributed by atoms with van der Waals surface area (Å²) in [7, 11) is 0. The molecule has 3 aromatic carbocycles. The van der Waals surface area contributed by atoms with Gasteiger partial charge in [0.05, 0.1) is 10.4 Å². The van der Waals surface area contributed by atoms with Gasteiger partial charge in [0.1, 0.15) is 0 Å². The number of alkyl halides is 1. The first-order chi connectivity index (χ1) is 10.1. The highest BCUT2D eigenvalue weighted by Gasteiger charge is 2.16. The van der Waals surface area contributed by atoms with Crippen LogP contribution in [0.4, 0.5) is 0 Å². The van der Waals surface area contributed by atoms with Crippen LogP contribution < -0.4 is 0 Å². The quantitative estimate of drug-likeness (QED) is 0.398. The number of hydrogen-bond donors (Lipinski definition) is 0. The standard InChI is InChI=1S/C17H10BrCl3/c18-14-9-10(5-7-16(14)20)17(21)13-6-8-15(19)12-4-2-1-3-11(12)13/h1-9,17H. The third-order valence-electron chi connectivity index (χ3n) is 3.41. The maximum absolute atomic E-state index is 6.68. The molecule has 0 radical (unpaired) electrons. The second kappa shape index (κ2) is 6.18. The maximum Gasteiger partial charge on any atom is 0.0841 e. The van der Waals surface area contributed by atoms with Gasteiger partial charge in [-0.2, -0.15) is 0 Å². The van der Waals surface area contributed by atoms with Crippen molar-refractivity contribution in [2.45, 2.75) is 5.38 Å². The molecule has 3 rings (SSSR count). The van der Waals surface area contributed by atoms with Crippen molar-refractivity contribution in [3.05, 3.63) is 80.2 Å². The van der Waals surface area contributed by atoms with Crippen LogP contribution in [0.3, 0.4) is 0 Å². The molecular weight excluding hydrogens is 390 g/mol. The predicted octanol–water partition coefficient (Wildman–Crippen LogP) is 7.24. The van der Waals surface area contributed by atoms with Crippen molar-refractivity contribution in [3.8, 4) is 0 Å². The molecule has 4 heteroatoms. The minimum absolute atomic E-state index is 0.263. The smallest absolute Gasteiger partial charge is 0.0841 e. The summed E-state index contributed by atoms with van der Waals surface area (Å²) in [4.78, 5) is 0. The van der Waals surface area contributed by atoms with Gasteiger partial charge in [0.2, 0.25) is 0 Å². The van der Waals surface area contributed by atoms with Crippen molar-refractivity contribution in [2.75, 3.05) is 0 Å². The minimum Gasteiger partial charge on any atom is -0.113 e. The molecule has 3 aromatic rings. The van der Waals surface area contributed by atoms with Crippen LogP contribution >= 0.6 is 50.7 Å². The lowest BCUT2D eigenvalue weighted by atomic mass is 9.98. The summed E-state index contributed by atoms with van der Waals surface area (Å²) in [6.07, 6.45) is 0. The summed E-state index contributed by atoms with van der Waals surface area (Å²) < 4.78 is 0.839. The molecule has 0 spiro atoms. The summed E-state index contributed by atoms with van der Waals surface area (Å²) in [5, 5.41) is 3.21. The molecule has 0 aliphatic carbocycles. The monoisotopic (exact) mass is 398 g/mol. The van der Waals surface area contributed by atoms with Gasteiger partial charge in [-0.3, -0.25) is 0 Å². The third-order valence-corrected chi connectivity index (χ3v) is 5.44. The van der Waals surface area contributed by atoms with Crippen molar-refractivity contribution in [1.82, 2.24) is 0 Å². The minimum atomic E-state index is -0.263. The zero-order valence-corrected chi connectivity index (χ0v) is 14.6. The molecule has 0 amide bonds. The SMILES string of the molecule is Clc1ccc(C(Cl)c2ccc(Cl)c3ccccc23)cc1Br. The molecule has 1 atom stereocenters. The van der Waals surface area contributed by atoms with E-state index in [-0.39, 0.29) is 5.38 Å². The Balaban J connectivity index is 2.15. The van der Waals surface area contributed by atoms with Crippen molar-refractivity contribution >= 4 is 61.5 Å². The van der Waals surface area contributed by atoms with Crippen LogP contribution in [-0.4, -0.2) is 0 Å². The normalized spacial score (nSPS) is 12.6. The molecule has 0 aromatic heterocycles. The number of benzene rings is 3. The molecule has 0 nitrogen and oxygen atoms in total. The van der Waals surface area contributed by atoms with Crippen LogP contribution in [0.15, 0.2) is 59.1 Å². The van der Waals surface area contributed by atoms with E-state index in [4.69, 9.17) is 34.8 Å². The molecule has 0 N–H and O–H groups in total. The molecular formula is C17H10BrCl3. The average Bonchev–Trinajstić information content (AvgIpc) is 2.50. The molecule has 0 aliphatic rings. The summed E-state index contributed by atoms with van der Waals surface area (Å²) in [5.74, 6) is 0. The lowest BCUT2D eigenvalue weighted by Gasteiger charge is -2.15. The topological polar surface area (TPSA) is 0 Å². The molecule has 21 heavy (non-hydrogen) atoms.